The smallest absolute Gasteiger partial charge is 0.228 e. The number of aromatic nitrogens is 3. The van der Waals surface area contributed by atoms with Crippen molar-refractivity contribution in [2.45, 2.75) is 18.9 Å². The summed E-state index contributed by atoms with van der Waals surface area (Å²) in [5.41, 5.74) is 5.37. The van der Waals surface area contributed by atoms with Crippen LogP contribution in [0, 0.1) is 0 Å². The number of rotatable bonds is 13. The molecule has 0 radical (unpaired) electrons. The van der Waals surface area contributed by atoms with Gasteiger partial charge in [0, 0.05) is 26.2 Å². The van der Waals surface area contributed by atoms with Crippen LogP contribution in [-0.4, -0.2) is 73.7 Å². The van der Waals surface area contributed by atoms with E-state index in [1.54, 1.807) is 11.3 Å². The van der Waals surface area contributed by atoms with Crippen LogP contribution in [0.2, 0.25) is 0 Å². The van der Waals surface area contributed by atoms with E-state index in [1.165, 1.54) is 0 Å². The Kier molecular flexibility index (Phi) is 8.85. The Balaban J connectivity index is 1.51. The minimum absolute atomic E-state index is 0.216. The monoisotopic (exact) mass is 408 g/mol. The van der Waals surface area contributed by atoms with Crippen molar-refractivity contribution in [2.24, 2.45) is 5.73 Å². The molecule has 10 heteroatoms. The number of nitrogens with one attached hydrogen (secondary N) is 2. The minimum atomic E-state index is 0.216. The third kappa shape index (κ3) is 6.95. The molecule has 1 aliphatic heterocycles. The van der Waals surface area contributed by atoms with Crippen LogP contribution >= 0.6 is 11.3 Å². The predicted octanol–water partition coefficient (Wildman–Crippen LogP) is 1.59. The normalized spacial score (nSPS) is 16.4. The van der Waals surface area contributed by atoms with Gasteiger partial charge in [0.1, 0.15) is 0 Å². The molecular weight excluding hydrogens is 380 g/mol. The molecule has 2 aromatic heterocycles. The van der Waals surface area contributed by atoms with Gasteiger partial charge in [0.2, 0.25) is 11.9 Å². The maximum Gasteiger partial charge on any atom is 0.228 e. The summed E-state index contributed by atoms with van der Waals surface area (Å²) in [4.78, 5) is 14.5. The van der Waals surface area contributed by atoms with Crippen molar-refractivity contribution in [3.63, 3.8) is 0 Å². The Hall–Kier alpha value is -1.85. The molecule has 3 rings (SSSR count). The van der Waals surface area contributed by atoms with Crippen LogP contribution in [0.1, 0.15) is 12.8 Å². The Morgan fingerprint density at radius 3 is 2.64 bits per heavy atom. The Morgan fingerprint density at radius 2 is 1.93 bits per heavy atom. The van der Waals surface area contributed by atoms with E-state index in [0.29, 0.717) is 63.8 Å². The summed E-state index contributed by atoms with van der Waals surface area (Å²) >= 11 is 1.60. The molecule has 0 bridgehead atoms. The van der Waals surface area contributed by atoms with Crippen molar-refractivity contribution in [2.75, 3.05) is 63.3 Å². The zero-order chi connectivity index (χ0) is 19.4. The van der Waals surface area contributed by atoms with Gasteiger partial charge in [-0.15, -0.1) is 11.3 Å². The third-order valence-electron chi connectivity index (χ3n) is 4.05. The summed E-state index contributed by atoms with van der Waals surface area (Å²) in [6.07, 6.45) is 2.38. The van der Waals surface area contributed by atoms with Crippen molar-refractivity contribution < 1.29 is 14.2 Å². The molecule has 0 spiro atoms. The van der Waals surface area contributed by atoms with Crippen LogP contribution in [0.3, 0.4) is 0 Å². The molecule has 3 heterocycles. The topological polar surface area (TPSA) is 116 Å². The summed E-state index contributed by atoms with van der Waals surface area (Å²) in [7, 11) is 0. The SMILES string of the molecule is NCCOCCOCCNc1nc(NCC2CCCO2)nc(-c2cccs2)n1. The molecule has 1 unspecified atom stereocenters. The average Bonchev–Trinajstić information content (AvgIpc) is 3.42. The first-order valence-electron chi connectivity index (χ1n) is 9.60. The number of nitrogens with two attached hydrogens (primary N) is 1. The van der Waals surface area contributed by atoms with Gasteiger partial charge < -0.3 is 30.6 Å². The molecule has 9 nitrogen and oxygen atoms in total. The molecular formula is C18H28N6O3S. The van der Waals surface area contributed by atoms with E-state index in [-0.39, 0.29) is 6.10 Å². The zero-order valence-corrected chi connectivity index (χ0v) is 16.7. The summed E-state index contributed by atoms with van der Waals surface area (Å²) in [6, 6.07) is 3.98. The molecule has 1 atom stereocenters. The van der Waals surface area contributed by atoms with Crippen molar-refractivity contribution in [1.29, 1.82) is 0 Å². The molecule has 0 aromatic carbocycles. The van der Waals surface area contributed by atoms with Crippen LogP contribution in [0.4, 0.5) is 11.9 Å². The summed E-state index contributed by atoms with van der Waals surface area (Å²) in [5.74, 6) is 1.72. The standard InChI is InChI=1S/C18H28N6O3S/c19-5-8-25-10-11-26-9-6-20-17-22-16(15-4-2-12-28-15)23-18(24-17)21-13-14-3-1-7-27-14/h2,4,12,14H,1,3,5-11,13,19H2,(H2,20,21,22,23,24). The van der Waals surface area contributed by atoms with E-state index >= 15 is 0 Å². The average molecular weight is 409 g/mol. The lowest BCUT2D eigenvalue weighted by Crippen LogP contribution is -2.21. The van der Waals surface area contributed by atoms with Crippen LogP contribution in [0.15, 0.2) is 17.5 Å². The summed E-state index contributed by atoms with van der Waals surface area (Å²) < 4.78 is 16.4. The molecule has 0 aliphatic carbocycles. The summed E-state index contributed by atoms with van der Waals surface area (Å²) in [6.45, 7) is 4.81. The van der Waals surface area contributed by atoms with E-state index < -0.39 is 0 Å². The molecule has 154 valence electrons. The second kappa shape index (κ2) is 11.9. The fraction of sp³-hybridized carbons (Fsp3) is 0.611. The molecule has 2 aromatic rings. The highest BCUT2D eigenvalue weighted by Gasteiger charge is 2.16. The first-order valence-corrected chi connectivity index (χ1v) is 10.5. The number of hydrogen-bond donors (Lipinski definition) is 3. The van der Waals surface area contributed by atoms with E-state index in [1.807, 2.05) is 17.5 Å². The first kappa shape index (κ1) is 20.9. The molecule has 1 saturated heterocycles. The van der Waals surface area contributed by atoms with Gasteiger partial charge in [0.25, 0.3) is 0 Å². The van der Waals surface area contributed by atoms with Crippen LogP contribution in [-0.2, 0) is 14.2 Å². The van der Waals surface area contributed by atoms with E-state index in [9.17, 15) is 0 Å². The van der Waals surface area contributed by atoms with Gasteiger partial charge in [-0.3, -0.25) is 0 Å². The minimum Gasteiger partial charge on any atom is -0.378 e. The van der Waals surface area contributed by atoms with Gasteiger partial charge >= 0.3 is 0 Å². The van der Waals surface area contributed by atoms with E-state index in [4.69, 9.17) is 19.9 Å². The third-order valence-corrected chi connectivity index (χ3v) is 4.92. The second-order valence-electron chi connectivity index (χ2n) is 6.24. The highest BCUT2D eigenvalue weighted by atomic mass is 32.1. The first-order chi connectivity index (χ1) is 13.8. The molecule has 28 heavy (non-hydrogen) atoms. The van der Waals surface area contributed by atoms with Crippen molar-refractivity contribution >= 4 is 23.2 Å². The second-order valence-corrected chi connectivity index (χ2v) is 7.19. The summed E-state index contributed by atoms with van der Waals surface area (Å²) in [5, 5.41) is 8.49. The van der Waals surface area contributed by atoms with Crippen LogP contribution < -0.4 is 16.4 Å². The molecule has 1 aliphatic rings. The van der Waals surface area contributed by atoms with Crippen LogP contribution in [0.5, 0.6) is 0 Å². The fourth-order valence-electron chi connectivity index (χ4n) is 2.70. The number of hydrogen-bond acceptors (Lipinski definition) is 10. The number of thiophene rings is 1. The van der Waals surface area contributed by atoms with Crippen molar-refractivity contribution in [1.82, 2.24) is 15.0 Å². The quantitative estimate of drug-likeness (QED) is 0.425. The fourth-order valence-corrected chi connectivity index (χ4v) is 3.36. The molecule has 0 saturated carbocycles. The van der Waals surface area contributed by atoms with E-state index in [2.05, 4.69) is 25.6 Å². The Labute approximate surface area is 169 Å². The van der Waals surface area contributed by atoms with Crippen molar-refractivity contribution in [3.8, 4) is 10.7 Å². The van der Waals surface area contributed by atoms with Gasteiger partial charge in [0.05, 0.1) is 37.4 Å². The van der Waals surface area contributed by atoms with Gasteiger partial charge in [-0.05, 0) is 24.3 Å². The maximum absolute atomic E-state index is 5.65. The van der Waals surface area contributed by atoms with Gasteiger partial charge in [-0.1, -0.05) is 6.07 Å². The lowest BCUT2D eigenvalue weighted by atomic mass is 10.2. The number of nitrogens with zero attached hydrogens (tertiary/aromatic N) is 3. The Morgan fingerprint density at radius 1 is 1.11 bits per heavy atom. The zero-order valence-electron chi connectivity index (χ0n) is 15.9. The maximum atomic E-state index is 5.65. The predicted molar refractivity (Wildman–Crippen MR) is 110 cm³/mol. The lowest BCUT2D eigenvalue weighted by molar-refractivity contribution is 0.0547. The van der Waals surface area contributed by atoms with Gasteiger partial charge in [-0.25, -0.2) is 0 Å². The molecule has 4 N–H and O–H groups in total. The Bertz CT molecular complexity index is 682. The number of ether oxygens (including phenoxy) is 3. The molecule has 1 fully saturated rings. The highest BCUT2D eigenvalue weighted by Crippen LogP contribution is 2.23. The lowest BCUT2D eigenvalue weighted by Gasteiger charge is -2.12. The number of anilines is 2. The van der Waals surface area contributed by atoms with Crippen LogP contribution in [0.25, 0.3) is 10.7 Å². The largest absolute Gasteiger partial charge is 0.378 e. The molecule has 0 amide bonds. The van der Waals surface area contributed by atoms with Gasteiger partial charge in [-0.2, -0.15) is 15.0 Å². The highest BCUT2D eigenvalue weighted by molar-refractivity contribution is 7.13. The van der Waals surface area contributed by atoms with Crippen molar-refractivity contribution in [3.05, 3.63) is 17.5 Å². The van der Waals surface area contributed by atoms with E-state index in [0.717, 1.165) is 24.3 Å². The van der Waals surface area contributed by atoms with Gasteiger partial charge in [0.15, 0.2) is 5.82 Å².